The van der Waals surface area contributed by atoms with Crippen LogP contribution in [0.25, 0.3) is 0 Å². The van der Waals surface area contributed by atoms with E-state index in [1.54, 1.807) is 11.3 Å². The summed E-state index contributed by atoms with van der Waals surface area (Å²) in [6, 6.07) is 4.22. The number of rotatable bonds is 4. The summed E-state index contributed by atoms with van der Waals surface area (Å²) >= 11 is 5.25. The lowest BCUT2D eigenvalue weighted by Crippen LogP contribution is -2.51. The van der Waals surface area contributed by atoms with Crippen molar-refractivity contribution in [3.05, 3.63) is 20.8 Å². The predicted molar refractivity (Wildman–Crippen MR) is 83.8 cm³/mol. The lowest BCUT2D eigenvalue weighted by Gasteiger charge is -2.39. The van der Waals surface area contributed by atoms with Crippen LogP contribution in [0.2, 0.25) is 0 Å². The zero-order valence-corrected chi connectivity index (χ0v) is 14.0. The first-order valence-electron chi connectivity index (χ1n) is 6.26. The first-order valence-corrected chi connectivity index (χ1v) is 7.87. The van der Waals surface area contributed by atoms with Crippen LogP contribution >= 0.6 is 27.3 Å². The Hall–Kier alpha value is -0.590. The van der Waals surface area contributed by atoms with Gasteiger partial charge in [-0.05, 0) is 28.1 Å². The molecule has 1 N–H and O–H groups in total. The Balaban J connectivity index is 1.86. The van der Waals surface area contributed by atoms with Crippen LogP contribution in [0.1, 0.15) is 11.8 Å². The van der Waals surface area contributed by atoms with E-state index in [0.29, 0.717) is 0 Å². The number of nitrogens with one attached hydrogen (secondary N) is 1. The highest BCUT2D eigenvalue weighted by Crippen LogP contribution is 2.25. The van der Waals surface area contributed by atoms with Gasteiger partial charge in [-0.3, -0.25) is 4.99 Å². The molecule has 6 heteroatoms. The average Bonchev–Trinajstić information content (AvgIpc) is 2.73. The van der Waals surface area contributed by atoms with Crippen molar-refractivity contribution < 1.29 is 4.74 Å². The van der Waals surface area contributed by atoms with E-state index in [1.807, 2.05) is 7.05 Å². The van der Waals surface area contributed by atoms with Gasteiger partial charge in [-0.25, -0.2) is 0 Å². The zero-order chi connectivity index (χ0) is 13.9. The van der Waals surface area contributed by atoms with Crippen LogP contribution in [0.4, 0.5) is 0 Å². The molecule has 0 saturated carbocycles. The van der Waals surface area contributed by atoms with Gasteiger partial charge in [-0.15, -0.1) is 11.3 Å². The highest BCUT2D eigenvalue weighted by Gasteiger charge is 2.33. The Morgan fingerprint density at radius 2 is 2.32 bits per heavy atom. The molecule has 0 radical (unpaired) electrons. The van der Waals surface area contributed by atoms with Gasteiger partial charge < -0.3 is 15.0 Å². The van der Waals surface area contributed by atoms with Crippen molar-refractivity contribution in [2.24, 2.45) is 10.4 Å². The Labute approximate surface area is 127 Å². The summed E-state index contributed by atoms with van der Waals surface area (Å²) in [4.78, 5) is 7.79. The number of hydrogen-bond acceptors (Lipinski definition) is 3. The van der Waals surface area contributed by atoms with Crippen molar-refractivity contribution in [2.75, 3.05) is 33.9 Å². The number of nitrogens with zero attached hydrogens (tertiary/aromatic N) is 2. The van der Waals surface area contributed by atoms with Crippen LogP contribution in [-0.4, -0.2) is 44.7 Å². The fourth-order valence-corrected chi connectivity index (χ4v) is 3.51. The average molecular weight is 346 g/mol. The minimum Gasteiger partial charge on any atom is -0.380 e. The molecule has 0 atom stereocenters. The van der Waals surface area contributed by atoms with Gasteiger partial charge in [0.05, 0.1) is 23.5 Å². The largest absolute Gasteiger partial charge is 0.380 e. The summed E-state index contributed by atoms with van der Waals surface area (Å²) in [5, 5.41) is 3.43. The first-order chi connectivity index (χ1) is 9.02. The third kappa shape index (κ3) is 3.94. The van der Waals surface area contributed by atoms with Gasteiger partial charge in [0.1, 0.15) is 0 Å². The van der Waals surface area contributed by atoms with Crippen molar-refractivity contribution in [2.45, 2.75) is 13.5 Å². The molecule has 0 amide bonds. The second-order valence-electron chi connectivity index (χ2n) is 5.27. The lowest BCUT2D eigenvalue weighted by molar-refractivity contribution is -0.0972. The summed E-state index contributed by atoms with van der Waals surface area (Å²) in [7, 11) is 3.88. The second-order valence-corrected chi connectivity index (χ2v) is 7.81. The van der Waals surface area contributed by atoms with E-state index in [1.165, 1.54) is 4.88 Å². The van der Waals surface area contributed by atoms with E-state index in [9.17, 15) is 0 Å². The molecular weight excluding hydrogens is 326 g/mol. The SMILES string of the molecule is CN=C(NCC1(C)COC1)N(C)Cc1ccc(Br)s1. The van der Waals surface area contributed by atoms with E-state index < -0.39 is 0 Å². The Kier molecular flexibility index (Phi) is 4.86. The number of ether oxygens (including phenoxy) is 1. The Bertz CT molecular complexity index is 456. The summed E-state index contributed by atoms with van der Waals surface area (Å²) in [6.45, 7) is 5.66. The standard InChI is InChI=1S/C13H20BrN3OS/c1-13(8-18-9-13)7-16-12(15-2)17(3)6-10-4-5-11(14)19-10/h4-5H,6-9H2,1-3H3,(H,15,16). The Morgan fingerprint density at radius 3 is 2.79 bits per heavy atom. The molecule has 0 bridgehead atoms. The molecular formula is C13H20BrN3OS. The number of thiophene rings is 1. The van der Waals surface area contributed by atoms with Gasteiger partial charge in [0.25, 0.3) is 0 Å². The maximum atomic E-state index is 5.27. The zero-order valence-electron chi connectivity index (χ0n) is 11.6. The van der Waals surface area contributed by atoms with E-state index in [2.05, 4.69) is 57.2 Å². The summed E-state index contributed by atoms with van der Waals surface area (Å²) in [6.07, 6.45) is 0. The van der Waals surface area contributed by atoms with Gasteiger partial charge in [-0.1, -0.05) is 6.92 Å². The van der Waals surface area contributed by atoms with Crippen LogP contribution in [0, 0.1) is 5.41 Å². The number of guanidine groups is 1. The van der Waals surface area contributed by atoms with Crippen LogP contribution in [0.3, 0.4) is 0 Å². The molecule has 0 aliphatic carbocycles. The lowest BCUT2D eigenvalue weighted by atomic mass is 9.89. The van der Waals surface area contributed by atoms with Crippen LogP contribution in [0.5, 0.6) is 0 Å². The van der Waals surface area contributed by atoms with E-state index >= 15 is 0 Å². The molecule has 1 aliphatic rings. The third-order valence-electron chi connectivity index (χ3n) is 3.17. The van der Waals surface area contributed by atoms with Gasteiger partial charge >= 0.3 is 0 Å². The van der Waals surface area contributed by atoms with Crippen molar-refractivity contribution in [3.63, 3.8) is 0 Å². The summed E-state index contributed by atoms with van der Waals surface area (Å²) in [5.41, 5.74) is 0.253. The number of aliphatic imine (C=N–C) groups is 1. The molecule has 0 aromatic carbocycles. The van der Waals surface area contributed by atoms with Crippen molar-refractivity contribution in [3.8, 4) is 0 Å². The first kappa shape index (κ1) is 14.8. The molecule has 0 unspecified atom stereocenters. The minimum absolute atomic E-state index is 0.253. The minimum atomic E-state index is 0.253. The van der Waals surface area contributed by atoms with Crippen molar-refractivity contribution >= 4 is 33.2 Å². The fourth-order valence-electron chi connectivity index (χ4n) is 1.98. The van der Waals surface area contributed by atoms with Crippen LogP contribution in [-0.2, 0) is 11.3 Å². The Morgan fingerprint density at radius 1 is 1.58 bits per heavy atom. The van der Waals surface area contributed by atoms with Gasteiger partial charge in [0, 0.05) is 30.9 Å². The maximum absolute atomic E-state index is 5.27. The molecule has 4 nitrogen and oxygen atoms in total. The van der Waals surface area contributed by atoms with E-state index in [4.69, 9.17) is 4.74 Å². The highest BCUT2D eigenvalue weighted by molar-refractivity contribution is 9.11. The molecule has 1 saturated heterocycles. The smallest absolute Gasteiger partial charge is 0.193 e. The summed E-state index contributed by atoms with van der Waals surface area (Å²) in [5.74, 6) is 0.928. The monoisotopic (exact) mass is 345 g/mol. The topological polar surface area (TPSA) is 36.9 Å². The molecule has 106 valence electrons. The maximum Gasteiger partial charge on any atom is 0.193 e. The van der Waals surface area contributed by atoms with Gasteiger partial charge in [0.15, 0.2) is 5.96 Å². The number of hydrogen-bond donors (Lipinski definition) is 1. The van der Waals surface area contributed by atoms with Crippen molar-refractivity contribution in [1.29, 1.82) is 0 Å². The van der Waals surface area contributed by atoms with Crippen LogP contribution in [0.15, 0.2) is 20.9 Å². The number of halogens is 1. The molecule has 1 fully saturated rings. The molecule has 2 rings (SSSR count). The second kappa shape index (κ2) is 6.24. The molecule has 0 spiro atoms. The highest BCUT2D eigenvalue weighted by atomic mass is 79.9. The van der Waals surface area contributed by atoms with E-state index in [-0.39, 0.29) is 5.41 Å². The molecule has 1 aliphatic heterocycles. The fraction of sp³-hybridized carbons (Fsp3) is 0.615. The van der Waals surface area contributed by atoms with E-state index in [0.717, 1.165) is 36.0 Å². The normalized spacial score (nSPS) is 18.0. The van der Waals surface area contributed by atoms with Crippen LogP contribution < -0.4 is 5.32 Å². The van der Waals surface area contributed by atoms with Gasteiger partial charge in [-0.2, -0.15) is 0 Å². The summed E-state index contributed by atoms with van der Waals surface area (Å²) < 4.78 is 6.43. The molecule has 2 heterocycles. The van der Waals surface area contributed by atoms with Gasteiger partial charge in [0.2, 0.25) is 0 Å². The quantitative estimate of drug-likeness (QED) is 0.673. The molecule has 1 aromatic heterocycles. The molecule has 19 heavy (non-hydrogen) atoms. The van der Waals surface area contributed by atoms with Crippen molar-refractivity contribution in [1.82, 2.24) is 10.2 Å². The third-order valence-corrected chi connectivity index (χ3v) is 4.78. The molecule has 1 aromatic rings. The predicted octanol–water partition coefficient (Wildman–Crippen LogP) is 2.55.